The first-order chi connectivity index (χ1) is 8.99. The number of piperidine rings is 1. The molecule has 1 aliphatic rings. The quantitative estimate of drug-likeness (QED) is 0.899. The lowest BCUT2D eigenvalue weighted by Gasteiger charge is -2.35. The van der Waals surface area contributed by atoms with Crippen LogP contribution in [0.15, 0.2) is 18.2 Å². The molecule has 0 bridgehead atoms. The van der Waals surface area contributed by atoms with Gasteiger partial charge in [0.05, 0.1) is 11.8 Å². The first-order valence-corrected chi connectivity index (χ1v) is 7.21. The summed E-state index contributed by atoms with van der Waals surface area (Å²) in [4.78, 5) is 2.13. The molecule has 1 unspecified atom stereocenters. The Morgan fingerprint density at radius 1 is 1.21 bits per heavy atom. The van der Waals surface area contributed by atoms with E-state index in [1.807, 2.05) is 6.07 Å². The molecule has 0 aromatic heterocycles. The molecule has 0 amide bonds. The van der Waals surface area contributed by atoms with Crippen LogP contribution in [0.1, 0.15) is 45.3 Å². The number of benzene rings is 1. The summed E-state index contributed by atoms with van der Waals surface area (Å²) in [6, 6.07) is 5.07. The molecule has 1 fully saturated rings. The van der Waals surface area contributed by atoms with Gasteiger partial charge in [0.2, 0.25) is 0 Å². The molecule has 0 radical (unpaired) electrons. The minimum absolute atomic E-state index is 0.221. The average Bonchev–Trinajstić information content (AvgIpc) is 2.38. The van der Waals surface area contributed by atoms with E-state index in [2.05, 4.69) is 18.7 Å². The summed E-state index contributed by atoms with van der Waals surface area (Å²) < 4.78 is 14.1. The fourth-order valence-electron chi connectivity index (χ4n) is 2.85. The van der Waals surface area contributed by atoms with Gasteiger partial charge in [-0.1, -0.05) is 19.9 Å². The summed E-state index contributed by atoms with van der Waals surface area (Å²) in [5, 5.41) is 9.46. The SMILES string of the molecule is CC(O)c1ccc(N2CCC(C(C)C)CC2)c(F)c1. The van der Waals surface area contributed by atoms with Gasteiger partial charge < -0.3 is 10.0 Å². The molecule has 1 aliphatic heterocycles. The van der Waals surface area contributed by atoms with Crippen LogP contribution < -0.4 is 4.90 Å². The predicted molar refractivity (Wildman–Crippen MR) is 76.8 cm³/mol. The Hall–Kier alpha value is -1.09. The van der Waals surface area contributed by atoms with Crippen LogP contribution in [0.3, 0.4) is 0 Å². The van der Waals surface area contributed by atoms with Gasteiger partial charge in [-0.15, -0.1) is 0 Å². The normalized spacial score (nSPS) is 18.9. The first kappa shape index (κ1) is 14.3. The number of anilines is 1. The second-order valence-corrected chi connectivity index (χ2v) is 5.96. The van der Waals surface area contributed by atoms with Crippen molar-refractivity contribution in [3.8, 4) is 0 Å². The van der Waals surface area contributed by atoms with Gasteiger partial charge >= 0.3 is 0 Å². The van der Waals surface area contributed by atoms with E-state index in [0.717, 1.165) is 31.8 Å². The zero-order valence-electron chi connectivity index (χ0n) is 12.1. The second-order valence-electron chi connectivity index (χ2n) is 5.96. The zero-order chi connectivity index (χ0) is 14.0. The monoisotopic (exact) mass is 265 g/mol. The summed E-state index contributed by atoms with van der Waals surface area (Å²) in [5.74, 6) is 1.25. The smallest absolute Gasteiger partial charge is 0.146 e. The van der Waals surface area contributed by atoms with E-state index in [1.165, 1.54) is 6.07 Å². The summed E-state index contributed by atoms with van der Waals surface area (Å²) in [6.07, 6.45) is 1.65. The highest BCUT2D eigenvalue weighted by molar-refractivity contribution is 5.49. The van der Waals surface area contributed by atoms with Gasteiger partial charge in [0, 0.05) is 13.1 Å². The molecular weight excluding hydrogens is 241 g/mol. The highest BCUT2D eigenvalue weighted by Gasteiger charge is 2.23. The maximum Gasteiger partial charge on any atom is 0.146 e. The highest BCUT2D eigenvalue weighted by atomic mass is 19.1. The number of aliphatic hydroxyl groups is 1. The van der Waals surface area contributed by atoms with E-state index in [9.17, 15) is 9.50 Å². The molecule has 3 heteroatoms. The third-order valence-corrected chi connectivity index (χ3v) is 4.28. The number of rotatable bonds is 3. The van der Waals surface area contributed by atoms with Gasteiger partial charge in [0.25, 0.3) is 0 Å². The summed E-state index contributed by atoms with van der Waals surface area (Å²) >= 11 is 0. The number of nitrogens with zero attached hydrogens (tertiary/aromatic N) is 1. The summed E-state index contributed by atoms with van der Waals surface area (Å²) in [6.45, 7) is 8.03. The molecular formula is C16H24FNO. The molecule has 1 aromatic rings. The molecule has 0 saturated carbocycles. The topological polar surface area (TPSA) is 23.5 Å². The maximum absolute atomic E-state index is 14.1. The van der Waals surface area contributed by atoms with Crippen LogP contribution in [0.4, 0.5) is 10.1 Å². The molecule has 1 atom stereocenters. The van der Waals surface area contributed by atoms with E-state index in [1.54, 1.807) is 13.0 Å². The van der Waals surface area contributed by atoms with Crippen LogP contribution in [0, 0.1) is 17.7 Å². The molecule has 2 nitrogen and oxygen atoms in total. The Balaban J connectivity index is 2.07. The fourth-order valence-corrected chi connectivity index (χ4v) is 2.85. The van der Waals surface area contributed by atoms with Crippen LogP contribution in [0.2, 0.25) is 0 Å². The van der Waals surface area contributed by atoms with Gasteiger partial charge in [-0.3, -0.25) is 0 Å². The van der Waals surface area contributed by atoms with Gasteiger partial charge in [-0.25, -0.2) is 4.39 Å². The number of aliphatic hydroxyl groups excluding tert-OH is 1. The van der Waals surface area contributed by atoms with Gasteiger partial charge in [0.1, 0.15) is 5.82 Å². The van der Waals surface area contributed by atoms with Gasteiger partial charge in [0.15, 0.2) is 0 Å². The Bertz CT molecular complexity index is 423. The van der Waals surface area contributed by atoms with Crippen LogP contribution in [-0.2, 0) is 0 Å². The van der Waals surface area contributed by atoms with E-state index in [-0.39, 0.29) is 5.82 Å². The Kier molecular flexibility index (Phi) is 4.46. The van der Waals surface area contributed by atoms with Crippen molar-refractivity contribution < 1.29 is 9.50 Å². The molecule has 1 aromatic carbocycles. The zero-order valence-corrected chi connectivity index (χ0v) is 12.1. The number of hydrogen-bond donors (Lipinski definition) is 1. The maximum atomic E-state index is 14.1. The molecule has 0 aliphatic carbocycles. The van der Waals surface area contributed by atoms with Gasteiger partial charge in [-0.2, -0.15) is 0 Å². The van der Waals surface area contributed by atoms with E-state index in [0.29, 0.717) is 17.2 Å². The van der Waals surface area contributed by atoms with E-state index in [4.69, 9.17) is 0 Å². The number of hydrogen-bond acceptors (Lipinski definition) is 2. The van der Waals surface area contributed by atoms with E-state index < -0.39 is 6.10 Å². The van der Waals surface area contributed by atoms with Crippen molar-refractivity contribution in [2.45, 2.75) is 39.7 Å². The lowest BCUT2D eigenvalue weighted by atomic mass is 9.86. The Morgan fingerprint density at radius 3 is 2.32 bits per heavy atom. The van der Waals surface area contributed by atoms with Crippen molar-refractivity contribution in [1.82, 2.24) is 0 Å². The fraction of sp³-hybridized carbons (Fsp3) is 0.625. The summed E-state index contributed by atoms with van der Waals surface area (Å²) in [7, 11) is 0. The lowest BCUT2D eigenvalue weighted by molar-refractivity contribution is 0.199. The third-order valence-electron chi connectivity index (χ3n) is 4.28. The lowest BCUT2D eigenvalue weighted by Crippen LogP contribution is -2.35. The van der Waals surface area contributed by atoms with E-state index >= 15 is 0 Å². The van der Waals surface area contributed by atoms with Gasteiger partial charge in [-0.05, 0) is 49.3 Å². The molecule has 19 heavy (non-hydrogen) atoms. The van der Waals surface area contributed by atoms with Crippen molar-refractivity contribution >= 4 is 5.69 Å². The molecule has 0 spiro atoms. The Morgan fingerprint density at radius 2 is 1.84 bits per heavy atom. The second kappa shape index (κ2) is 5.91. The molecule has 1 saturated heterocycles. The van der Waals surface area contributed by atoms with Crippen molar-refractivity contribution in [1.29, 1.82) is 0 Å². The van der Waals surface area contributed by atoms with Crippen LogP contribution in [0.25, 0.3) is 0 Å². The van der Waals surface area contributed by atoms with Crippen LogP contribution in [0.5, 0.6) is 0 Å². The minimum atomic E-state index is -0.616. The molecule has 2 rings (SSSR count). The van der Waals surface area contributed by atoms with Crippen LogP contribution in [-0.4, -0.2) is 18.2 Å². The van der Waals surface area contributed by atoms with Crippen molar-refractivity contribution in [3.63, 3.8) is 0 Å². The van der Waals surface area contributed by atoms with Crippen LogP contribution >= 0.6 is 0 Å². The van der Waals surface area contributed by atoms with Crippen molar-refractivity contribution in [2.24, 2.45) is 11.8 Å². The largest absolute Gasteiger partial charge is 0.389 e. The standard InChI is InChI=1S/C16H24FNO/c1-11(2)13-6-8-18(9-7-13)16-5-4-14(12(3)19)10-15(16)17/h4-5,10-13,19H,6-9H2,1-3H3. The van der Waals surface area contributed by atoms with Crippen molar-refractivity contribution in [3.05, 3.63) is 29.6 Å². The number of halogens is 1. The minimum Gasteiger partial charge on any atom is -0.389 e. The van der Waals surface area contributed by atoms with Crippen molar-refractivity contribution in [2.75, 3.05) is 18.0 Å². The molecule has 1 N–H and O–H groups in total. The molecule has 106 valence electrons. The third kappa shape index (κ3) is 3.27. The summed E-state index contributed by atoms with van der Waals surface area (Å²) in [5.41, 5.74) is 1.31. The average molecular weight is 265 g/mol. The Labute approximate surface area is 115 Å². The highest BCUT2D eigenvalue weighted by Crippen LogP contribution is 2.30. The predicted octanol–water partition coefficient (Wildman–Crippen LogP) is 3.75. The molecule has 1 heterocycles. The first-order valence-electron chi connectivity index (χ1n) is 7.21.